The molecular weight excluding hydrogens is 268 g/mol. The monoisotopic (exact) mass is 274 g/mol. The summed E-state index contributed by atoms with van der Waals surface area (Å²) in [5.74, 6) is 0.753. The highest BCUT2D eigenvalue weighted by molar-refractivity contribution is 9.10. The Balaban J connectivity index is 2.26. The lowest BCUT2D eigenvalue weighted by Crippen LogP contribution is -1.90. The van der Waals surface area contributed by atoms with Crippen molar-refractivity contribution in [1.29, 1.82) is 0 Å². The van der Waals surface area contributed by atoms with Crippen LogP contribution in [0.3, 0.4) is 0 Å². The summed E-state index contributed by atoms with van der Waals surface area (Å²) in [4.78, 5) is 4.26. The summed E-state index contributed by atoms with van der Waals surface area (Å²) >= 11 is 3.40. The maximum absolute atomic E-state index is 4.26. The zero-order chi connectivity index (χ0) is 11.0. The van der Waals surface area contributed by atoms with Crippen LogP contribution in [-0.2, 0) is 0 Å². The second-order valence-electron chi connectivity index (χ2n) is 3.31. The predicted molar refractivity (Wildman–Crippen MR) is 63.9 cm³/mol. The van der Waals surface area contributed by atoms with Gasteiger partial charge >= 0.3 is 0 Å². The van der Waals surface area contributed by atoms with Crippen LogP contribution in [0.4, 0.5) is 0 Å². The molecule has 3 aromatic heterocycles. The summed E-state index contributed by atoms with van der Waals surface area (Å²) in [6.07, 6.45) is 3.67. The van der Waals surface area contributed by atoms with Crippen LogP contribution >= 0.6 is 15.9 Å². The number of rotatable bonds is 1. The van der Waals surface area contributed by atoms with Gasteiger partial charge < -0.3 is 0 Å². The summed E-state index contributed by atoms with van der Waals surface area (Å²) in [5.41, 5.74) is 1.62. The number of halogens is 1. The highest BCUT2D eigenvalue weighted by Crippen LogP contribution is 2.18. The zero-order valence-electron chi connectivity index (χ0n) is 8.21. The molecule has 3 heterocycles. The average Bonchev–Trinajstić information content (AvgIpc) is 2.73. The molecule has 16 heavy (non-hydrogen) atoms. The van der Waals surface area contributed by atoms with E-state index in [4.69, 9.17) is 0 Å². The first-order valence-electron chi connectivity index (χ1n) is 4.76. The molecule has 3 aromatic rings. The quantitative estimate of drug-likeness (QED) is 0.685. The SMILES string of the molecule is Brc1ccn2c(-c3ccccn3)nnc2c1. The lowest BCUT2D eigenvalue weighted by atomic mass is 10.3. The molecule has 0 fully saturated rings. The molecule has 0 aromatic carbocycles. The fraction of sp³-hybridized carbons (Fsp3) is 0. The van der Waals surface area contributed by atoms with E-state index in [1.54, 1.807) is 6.20 Å². The van der Waals surface area contributed by atoms with E-state index in [0.29, 0.717) is 0 Å². The summed E-state index contributed by atoms with van der Waals surface area (Å²) in [7, 11) is 0. The molecule has 5 heteroatoms. The van der Waals surface area contributed by atoms with Gasteiger partial charge in [-0.2, -0.15) is 0 Å². The van der Waals surface area contributed by atoms with Crippen molar-refractivity contribution in [2.75, 3.05) is 0 Å². The van der Waals surface area contributed by atoms with Crippen molar-refractivity contribution in [3.8, 4) is 11.5 Å². The number of pyridine rings is 2. The van der Waals surface area contributed by atoms with E-state index < -0.39 is 0 Å². The van der Waals surface area contributed by atoms with E-state index in [2.05, 4.69) is 31.1 Å². The highest BCUT2D eigenvalue weighted by atomic mass is 79.9. The van der Waals surface area contributed by atoms with Gasteiger partial charge in [-0.15, -0.1) is 10.2 Å². The molecule has 0 amide bonds. The minimum Gasteiger partial charge on any atom is -0.281 e. The van der Waals surface area contributed by atoms with E-state index in [-0.39, 0.29) is 0 Å². The fourth-order valence-electron chi connectivity index (χ4n) is 1.54. The van der Waals surface area contributed by atoms with Crippen LogP contribution in [0.1, 0.15) is 0 Å². The molecular formula is C11H7BrN4. The van der Waals surface area contributed by atoms with Crippen molar-refractivity contribution in [1.82, 2.24) is 19.6 Å². The molecule has 0 N–H and O–H groups in total. The van der Waals surface area contributed by atoms with Crippen LogP contribution < -0.4 is 0 Å². The minimum atomic E-state index is 0.753. The second kappa shape index (κ2) is 3.68. The third-order valence-electron chi connectivity index (χ3n) is 2.27. The summed E-state index contributed by atoms with van der Waals surface area (Å²) in [6.45, 7) is 0. The maximum Gasteiger partial charge on any atom is 0.186 e. The number of hydrogen-bond acceptors (Lipinski definition) is 3. The largest absolute Gasteiger partial charge is 0.281 e. The fourth-order valence-corrected chi connectivity index (χ4v) is 1.86. The van der Waals surface area contributed by atoms with Gasteiger partial charge in [0, 0.05) is 16.9 Å². The van der Waals surface area contributed by atoms with Crippen molar-refractivity contribution in [2.45, 2.75) is 0 Å². The van der Waals surface area contributed by atoms with Gasteiger partial charge in [0.05, 0.1) is 0 Å². The standard InChI is InChI=1S/C11H7BrN4/c12-8-4-6-16-10(7-8)14-15-11(16)9-3-1-2-5-13-9/h1-7H. The molecule has 0 unspecified atom stereocenters. The average molecular weight is 275 g/mol. The van der Waals surface area contributed by atoms with Gasteiger partial charge in [-0.3, -0.25) is 9.38 Å². The Bertz CT molecular complexity index is 633. The molecule has 78 valence electrons. The van der Waals surface area contributed by atoms with E-state index in [9.17, 15) is 0 Å². The molecule has 0 atom stereocenters. The predicted octanol–water partition coefficient (Wildman–Crippen LogP) is 2.55. The number of nitrogens with zero attached hydrogens (tertiary/aromatic N) is 4. The van der Waals surface area contributed by atoms with E-state index >= 15 is 0 Å². The molecule has 3 rings (SSSR count). The summed E-state index contributed by atoms with van der Waals surface area (Å²) < 4.78 is 2.90. The Morgan fingerprint density at radius 2 is 2.06 bits per heavy atom. The van der Waals surface area contributed by atoms with Crippen LogP contribution in [0.5, 0.6) is 0 Å². The Labute approximate surface area is 100 Å². The molecule has 0 radical (unpaired) electrons. The van der Waals surface area contributed by atoms with Gasteiger partial charge in [0.15, 0.2) is 11.5 Å². The van der Waals surface area contributed by atoms with Crippen molar-refractivity contribution in [3.05, 3.63) is 47.2 Å². The molecule has 0 aliphatic heterocycles. The van der Waals surface area contributed by atoms with E-state index in [1.165, 1.54) is 0 Å². The number of fused-ring (bicyclic) bond motifs is 1. The van der Waals surface area contributed by atoms with Gasteiger partial charge in [-0.1, -0.05) is 22.0 Å². The van der Waals surface area contributed by atoms with Crippen molar-refractivity contribution in [3.63, 3.8) is 0 Å². The van der Waals surface area contributed by atoms with E-state index in [1.807, 2.05) is 40.9 Å². The van der Waals surface area contributed by atoms with Crippen LogP contribution in [0, 0.1) is 0 Å². The van der Waals surface area contributed by atoms with Gasteiger partial charge in [0.25, 0.3) is 0 Å². The highest BCUT2D eigenvalue weighted by Gasteiger charge is 2.08. The number of hydrogen-bond donors (Lipinski definition) is 0. The first-order chi connectivity index (χ1) is 7.84. The Hall–Kier alpha value is -1.75. The lowest BCUT2D eigenvalue weighted by Gasteiger charge is -1.98. The van der Waals surface area contributed by atoms with Crippen LogP contribution in [-0.4, -0.2) is 19.6 Å². The Morgan fingerprint density at radius 3 is 2.88 bits per heavy atom. The van der Waals surface area contributed by atoms with E-state index in [0.717, 1.165) is 21.6 Å². The first kappa shape index (κ1) is 9.47. The minimum absolute atomic E-state index is 0.753. The van der Waals surface area contributed by atoms with Crippen molar-refractivity contribution in [2.24, 2.45) is 0 Å². The molecule has 0 spiro atoms. The van der Waals surface area contributed by atoms with Crippen LogP contribution in [0.2, 0.25) is 0 Å². The second-order valence-corrected chi connectivity index (χ2v) is 4.23. The molecule has 0 aliphatic carbocycles. The third-order valence-corrected chi connectivity index (χ3v) is 2.76. The Morgan fingerprint density at radius 1 is 1.12 bits per heavy atom. The van der Waals surface area contributed by atoms with Crippen LogP contribution in [0.25, 0.3) is 17.2 Å². The van der Waals surface area contributed by atoms with Crippen LogP contribution in [0.15, 0.2) is 47.2 Å². The molecule has 0 saturated heterocycles. The normalized spacial score (nSPS) is 10.8. The smallest absolute Gasteiger partial charge is 0.186 e. The summed E-state index contributed by atoms with van der Waals surface area (Å²) in [6, 6.07) is 9.59. The molecule has 0 aliphatic rings. The van der Waals surface area contributed by atoms with Gasteiger partial charge in [-0.25, -0.2) is 0 Å². The third kappa shape index (κ3) is 1.49. The van der Waals surface area contributed by atoms with Gasteiger partial charge in [0.2, 0.25) is 0 Å². The number of aromatic nitrogens is 4. The maximum atomic E-state index is 4.26. The summed E-state index contributed by atoms with van der Waals surface area (Å²) in [5, 5.41) is 8.24. The first-order valence-corrected chi connectivity index (χ1v) is 5.55. The molecule has 4 nitrogen and oxygen atoms in total. The molecule has 0 bridgehead atoms. The molecule has 0 saturated carbocycles. The lowest BCUT2D eigenvalue weighted by molar-refractivity contribution is 1.09. The van der Waals surface area contributed by atoms with Crippen molar-refractivity contribution >= 4 is 21.6 Å². The van der Waals surface area contributed by atoms with Gasteiger partial charge in [0.1, 0.15) is 5.69 Å². The zero-order valence-corrected chi connectivity index (χ0v) is 9.79. The topological polar surface area (TPSA) is 43.1 Å². The van der Waals surface area contributed by atoms with Crippen molar-refractivity contribution < 1.29 is 0 Å². The Kier molecular flexibility index (Phi) is 2.18. The van der Waals surface area contributed by atoms with Gasteiger partial charge in [-0.05, 0) is 24.3 Å².